The minimum absolute atomic E-state index is 0.0258. The molecular weight excluding hydrogens is 511 g/mol. The lowest BCUT2D eigenvalue weighted by Crippen LogP contribution is -2.44. The van der Waals surface area contributed by atoms with Crippen molar-refractivity contribution in [3.8, 4) is 16.9 Å². The zero-order chi connectivity index (χ0) is 27.2. The summed E-state index contributed by atoms with van der Waals surface area (Å²) in [7, 11) is 0. The number of nitrogens with one attached hydrogen (secondary N) is 1. The summed E-state index contributed by atoms with van der Waals surface area (Å²) < 4.78 is 23.2. The molecule has 2 fully saturated rings. The summed E-state index contributed by atoms with van der Waals surface area (Å²) in [6.45, 7) is 3.98. The molecule has 5 aromatic rings. The fourth-order valence-electron chi connectivity index (χ4n) is 5.28. The van der Waals surface area contributed by atoms with Crippen LogP contribution in [0, 0.1) is 5.82 Å². The number of aromatic nitrogens is 6. The average molecular weight is 539 g/mol. The van der Waals surface area contributed by atoms with Crippen molar-refractivity contribution in [2.45, 2.75) is 31.8 Å². The number of anilines is 2. The molecule has 1 atom stereocenters. The molecule has 4 aromatic heterocycles. The monoisotopic (exact) mass is 538 g/mol. The Kier molecular flexibility index (Phi) is 6.00. The van der Waals surface area contributed by atoms with Gasteiger partial charge < -0.3 is 14.5 Å². The molecule has 2 aliphatic rings. The second-order valence-corrected chi connectivity index (χ2v) is 10.2. The first kappa shape index (κ1) is 24.4. The normalized spacial score (nSPS) is 17.4. The first-order chi connectivity index (χ1) is 19.6. The Morgan fingerprint density at radius 3 is 2.77 bits per heavy atom. The molecule has 202 valence electrons. The quantitative estimate of drug-likeness (QED) is 0.342. The molecule has 0 unspecified atom stereocenters. The maximum atomic E-state index is 15.9. The third-order valence-corrected chi connectivity index (χ3v) is 7.45. The number of ether oxygens (including phenoxy) is 1. The number of pyridine rings is 2. The number of rotatable bonds is 6. The molecule has 40 heavy (non-hydrogen) atoms. The maximum Gasteiger partial charge on any atom is 0.260 e. The van der Waals surface area contributed by atoms with Crippen molar-refractivity contribution in [2.24, 2.45) is 0 Å². The van der Waals surface area contributed by atoms with Crippen LogP contribution in [0.1, 0.15) is 30.1 Å². The lowest BCUT2D eigenvalue weighted by atomic mass is 10.0. The van der Waals surface area contributed by atoms with Gasteiger partial charge >= 0.3 is 0 Å². The van der Waals surface area contributed by atoms with Gasteiger partial charge in [-0.2, -0.15) is 14.9 Å². The Morgan fingerprint density at radius 2 is 2.05 bits per heavy atom. The van der Waals surface area contributed by atoms with Crippen LogP contribution in [-0.4, -0.2) is 67.7 Å². The molecule has 0 radical (unpaired) electrons. The number of benzene rings is 1. The van der Waals surface area contributed by atoms with E-state index >= 15 is 4.39 Å². The molecular formula is C29H27FN8O2. The van der Waals surface area contributed by atoms with Crippen molar-refractivity contribution in [1.82, 2.24) is 29.9 Å². The molecule has 11 heteroatoms. The van der Waals surface area contributed by atoms with Crippen LogP contribution >= 0.6 is 0 Å². The molecule has 0 spiro atoms. The summed E-state index contributed by atoms with van der Waals surface area (Å²) in [5, 5.41) is 12.4. The van der Waals surface area contributed by atoms with Gasteiger partial charge in [-0.15, -0.1) is 0 Å². The topological polar surface area (TPSA) is 105 Å². The molecule has 0 bridgehead atoms. The number of hydrogen-bond acceptors (Lipinski definition) is 7. The summed E-state index contributed by atoms with van der Waals surface area (Å²) in [5.41, 5.74) is 2.78. The van der Waals surface area contributed by atoms with E-state index in [1.54, 1.807) is 46.4 Å². The van der Waals surface area contributed by atoms with E-state index in [2.05, 4.69) is 32.1 Å². The highest BCUT2D eigenvalue weighted by molar-refractivity contribution is 6.07. The number of carbonyl (C=O) groups is 1. The first-order valence-corrected chi connectivity index (χ1v) is 13.4. The number of halogens is 1. The molecule has 5 heterocycles. The van der Waals surface area contributed by atoms with Gasteiger partial charge in [-0.3, -0.25) is 14.9 Å². The van der Waals surface area contributed by atoms with Gasteiger partial charge in [0.2, 0.25) is 0 Å². The second-order valence-electron chi connectivity index (χ2n) is 10.2. The van der Waals surface area contributed by atoms with E-state index in [1.165, 1.54) is 12.3 Å². The SMILES string of the molecule is C[C@@H]1COCCN1c1cc(-c2ccc(N(C(=O)c3cccnc3)C3CC3)c(F)c2)c2cnn(-c3cc[nH]n3)c2n1. The second kappa shape index (κ2) is 9.83. The standard InChI is InChI=1S/C29H27FN8O2/c1-18-17-40-12-11-36(18)27-14-22(23-16-33-38(28(23)34-27)26-8-10-32-35-26)19-4-7-25(24(30)13-19)37(21-5-6-21)29(39)20-3-2-9-31-15-20/h2-4,7-10,13-16,18,21H,5-6,11-12,17H2,1H3,(H,32,35)/t18-/m1/s1. The van der Waals surface area contributed by atoms with Crippen molar-refractivity contribution < 1.29 is 13.9 Å². The molecule has 1 aromatic carbocycles. The van der Waals surface area contributed by atoms with Gasteiger partial charge in [0.15, 0.2) is 11.5 Å². The summed E-state index contributed by atoms with van der Waals surface area (Å²) in [5.74, 6) is 0.646. The van der Waals surface area contributed by atoms with E-state index in [0.29, 0.717) is 42.4 Å². The third-order valence-electron chi connectivity index (χ3n) is 7.45. The lowest BCUT2D eigenvalue weighted by Gasteiger charge is -2.34. The summed E-state index contributed by atoms with van der Waals surface area (Å²) in [6.07, 6.45) is 8.26. The Labute approximate surface area is 229 Å². The highest BCUT2D eigenvalue weighted by Gasteiger charge is 2.36. The van der Waals surface area contributed by atoms with Gasteiger partial charge in [0, 0.05) is 42.6 Å². The molecule has 1 saturated heterocycles. The van der Waals surface area contributed by atoms with Crippen molar-refractivity contribution in [2.75, 3.05) is 29.6 Å². The molecule has 10 nitrogen and oxygen atoms in total. The van der Waals surface area contributed by atoms with Crippen LogP contribution < -0.4 is 9.80 Å². The van der Waals surface area contributed by atoms with Crippen molar-refractivity contribution in [1.29, 1.82) is 0 Å². The number of morpholine rings is 1. The Balaban J connectivity index is 1.33. The Bertz CT molecular complexity index is 1680. The highest BCUT2D eigenvalue weighted by Crippen LogP contribution is 2.38. The van der Waals surface area contributed by atoms with E-state index in [1.807, 2.05) is 18.2 Å². The van der Waals surface area contributed by atoms with E-state index in [9.17, 15) is 4.79 Å². The Hall–Kier alpha value is -4.64. The van der Waals surface area contributed by atoms with Crippen LogP contribution in [-0.2, 0) is 4.74 Å². The maximum absolute atomic E-state index is 15.9. The fourth-order valence-corrected chi connectivity index (χ4v) is 5.28. The number of H-pyrrole nitrogens is 1. The number of amides is 1. The van der Waals surface area contributed by atoms with Crippen LogP contribution in [0.15, 0.2) is 67.3 Å². The van der Waals surface area contributed by atoms with E-state index in [-0.39, 0.29) is 23.7 Å². The highest BCUT2D eigenvalue weighted by atomic mass is 19.1. The van der Waals surface area contributed by atoms with Gasteiger partial charge in [0.25, 0.3) is 5.91 Å². The van der Waals surface area contributed by atoms with Crippen LogP contribution in [0.4, 0.5) is 15.9 Å². The summed E-state index contributed by atoms with van der Waals surface area (Å²) in [4.78, 5) is 26.1. The van der Waals surface area contributed by atoms with Crippen molar-refractivity contribution >= 4 is 28.4 Å². The first-order valence-electron chi connectivity index (χ1n) is 13.4. The van der Waals surface area contributed by atoms with Crippen molar-refractivity contribution in [3.63, 3.8) is 0 Å². The summed E-state index contributed by atoms with van der Waals surface area (Å²) >= 11 is 0. The smallest absolute Gasteiger partial charge is 0.260 e. The zero-order valence-corrected chi connectivity index (χ0v) is 21.9. The van der Waals surface area contributed by atoms with Crippen LogP contribution in [0.3, 0.4) is 0 Å². The van der Waals surface area contributed by atoms with E-state index in [0.717, 1.165) is 29.6 Å². The number of nitrogens with zero attached hydrogens (tertiary/aromatic N) is 7. The van der Waals surface area contributed by atoms with Crippen LogP contribution in [0.2, 0.25) is 0 Å². The van der Waals surface area contributed by atoms with Gasteiger partial charge in [0.1, 0.15) is 11.6 Å². The van der Waals surface area contributed by atoms with E-state index < -0.39 is 5.82 Å². The molecule has 7 rings (SSSR count). The fraction of sp³-hybridized carbons (Fsp3) is 0.276. The number of hydrogen-bond donors (Lipinski definition) is 1. The van der Waals surface area contributed by atoms with Gasteiger partial charge in [0.05, 0.1) is 36.7 Å². The molecule has 1 aliphatic heterocycles. The Morgan fingerprint density at radius 1 is 1.15 bits per heavy atom. The molecule has 1 saturated carbocycles. The number of carbonyl (C=O) groups excluding carboxylic acids is 1. The largest absolute Gasteiger partial charge is 0.377 e. The van der Waals surface area contributed by atoms with Crippen LogP contribution in [0.25, 0.3) is 28.0 Å². The lowest BCUT2D eigenvalue weighted by molar-refractivity contribution is 0.0983. The molecule has 1 aliphatic carbocycles. The average Bonchev–Trinajstić information content (AvgIpc) is 3.48. The number of aromatic amines is 1. The van der Waals surface area contributed by atoms with E-state index in [4.69, 9.17) is 9.72 Å². The minimum Gasteiger partial charge on any atom is -0.377 e. The predicted octanol–water partition coefficient (Wildman–Crippen LogP) is 4.38. The van der Waals surface area contributed by atoms with Gasteiger partial charge in [-0.1, -0.05) is 6.07 Å². The van der Waals surface area contributed by atoms with Crippen LogP contribution in [0.5, 0.6) is 0 Å². The third kappa shape index (κ3) is 4.28. The van der Waals surface area contributed by atoms with Crippen molar-refractivity contribution in [3.05, 3.63) is 78.6 Å². The molecule has 1 amide bonds. The van der Waals surface area contributed by atoms with Gasteiger partial charge in [-0.25, -0.2) is 9.37 Å². The van der Waals surface area contributed by atoms with Gasteiger partial charge in [-0.05, 0) is 61.2 Å². The zero-order valence-electron chi connectivity index (χ0n) is 21.9. The summed E-state index contributed by atoms with van der Waals surface area (Å²) in [6, 6.07) is 12.4. The predicted molar refractivity (Wildman–Crippen MR) is 148 cm³/mol. The minimum atomic E-state index is -0.465. The number of fused-ring (bicyclic) bond motifs is 1. The molecule has 1 N–H and O–H groups in total.